The number of anilines is 1. The van der Waals surface area contributed by atoms with Crippen molar-refractivity contribution in [2.24, 2.45) is 0 Å². The van der Waals surface area contributed by atoms with Gasteiger partial charge in [-0.2, -0.15) is 0 Å². The zero-order chi connectivity index (χ0) is 10.8. The normalized spacial score (nSPS) is 21.0. The molecular formula is C10H13ClN2OS. The van der Waals surface area contributed by atoms with E-state index in [0.29, 0.717) is 5.02 Å². The van der Waals surface area contributed by atoms with Crippen LogP contribution in [-0.2, 0) is 0 Å². The lowest BCUT2D eigenvalue weighted by molar-refractivity contribution is 0.266. The first-order chi connectivity index (χ1) is 7.24. The van der Waals surface area contributed by atoms with Gasteiger partial charge in [-0.3, -0.25) is 0 Å². The Labute approximate surface area is 99.5 Å². The number of hydrogen-bond donors (Lipinski definition) is 2. The smallest absolute Gasteiger partial charge is 0.148 e. The maximum Gasteiger partial charge on any atom is 0.148 e. The van der Waals surface area contributed by atoms with Gasteiger partial charge in [0.1, 0.15) is 5.82 Å². The molecule has 15 heavy (non-hydrogen) atoms. The van der Waals surface area contributed by atoms with Gasteiger partial charge in [-0.05, 0) is 18.9 Å². The summed E-state index contributed by atoms with van der Waals surface area (Å²) in [5.41, 5.74) is 0. The molecule has 0 aromatic carbocycles. The number of aliphatic hydroxyl groups excluding tert-OH is 1. The summed E-state index contributed by atoms with van der Waals surface area (Å²) < 4.78 is 0. The number of aromatic nitrogens is 1. The van der Waals surface area contributed by atoms with Crippen molar-refractivity contribution in [3.8, 4) is 0 Å². The maximum absolute atomic E-state index is 9.23. The van der Waals surface area contributed by atoms with Crippen LogP contribution >= 0.6 is 24.2 Å². The van der Waals surface area contributed by atoms with Gasteiger partial charge in [-0.25, -0.2) is 4.98 Å². The van der Waals surface area contributed by atoms with Crippen LogP contribution in [0, 0.1) is 0 Å². The Balaban J connectivity index is 2.32. The fourth-order valence-corrected chi connectivity index (χ4v) is 2.31. The van der Waals surface area contributed by atoms with Crippen LogP contribution in [0.3, 0.4) is 0 Å². The topological polar surface area (TPSA) is 36.4 Å². The van der Waals surface area contributed by atoms with Crippen molar-refractivity contribution in [2.45, 2.75) is 23.8 Å². The number of hydrogen-bond acceptors (Lipinski definition) is 4. The molecule has 0 amide bonds. The van der Waals surface area contributed by atoms with Gasteiger partial charge >= 0.3 is 0 Å². The SMILES string of the molecule is OCC1CCCN1c1nccc(S)c1Cl. The third kappa shape index (κ3) is 2.07. The Morgan fingerprint density at radius 3 is 3.20 bits per heavy atom. The number of aliphatic hydroxyl groups is 1. The Morgan fingerprint density at radius 1 is 1.67 bits per heavy atom. The molecule has 1 aromatic rings. The zero-order valence-corrected chi connectivity index (χ0v) is 9.88. The highest BCUT2D eigenvalue weighted by Crippen LogP contribution is 2.33. The molecule has 3 nitrogen and oxygen atoms in total. The van der Waals surface area contributed by atoms with Gasteiger partial charge in [0.05, 0.1) is 17.7 Å². The van der Waals surface area contributed by atoms with Gasteiger partial charge in [0.15, 0.2) is 0 Å². The van der Waals surface area contributed by atoms with Crippen LogP contribution in [0.4, 0.5) is 5.82 Å². The van der Waals surface area contributed by atoms with Gasteiger partial charge < -0.3 is 10.0 Å². The monoisotopic (exact) mass is 244 g/mol. The van der Waals surface area contributed by atoms with Crippen molar-refractivity contribution in [3.63, 3.8) is 0 Å². The molecule has 1 unspecified atom stereocenters. The first-order valence-corrected chi connectivity index (χ1v) is 5.77. The summed E-state index contributed by atoms with van der Waals surface area (Å²) in [6.45, 7) is 1.05. The van der Waals surface area contributed by atoms with Crippen molar-refractivity contribution in [1.29, 1.82) is 0 Å². The summed E-state index contributed by atoms with van der Waals surface area (Å²) in [7, 11) is 0. The second kappa shape index (κ2) is 4.60. The van der Waals surface area contributed by atoms with Crippen LogP contribution in [0.15, 0.2) is 17.2 Å². The van der Waals surface area contributed by atoms with E-state index in [0.717, 1.165) is 30.1 Å². The lowest BCUT2D eigenvalue weighted by Gasteiger charge is -2.25. The van der Waals surface area contributed by atoms with E-state index >= 15 is 0 Å². The molecule has 1 fully saturated rings. The zero-order valence-electron chi connectivity index (χ0n) is 8.23. The predicted octanol–water partition coefficient (Wildman–Crippen LogP) is 1.98. The molecule has 1 N–H and O–H groups in total. The van der Waals surface area contributed by atoms with Crippen LogP contribution in [-0.4, -0.2) is 29.3 Å². The third-order valence-electron chi connectivity index (χ3n) is 2.71. The highest BCUT2D eigenvalue weighted by Gasteiger charge is 2.26. The van der Waals surface area contributed by atoms with Crippen LogP contribution in [0.2, 0.25) is 5.02 Å². The van der Waals surface area contributed by atoms with Crippen LogP contribution in [0.5, 0.6) is 0 Å². The summed E-state index contributed by atoms with van der Waals surface area (Å²) in [5.74, 6) is 0.737. The fraction of sp³-hybridized carbons (Fsp3) is 0.500. The van der Waals surface area contributed by atoms with Crippen molar-refractivity contribution in [3.05, 3.63) is 17.3 Å². The Bertz CT molecular complexity index is 361. The lowest BCUT2D eigenvalue weighted by atomic mass is 10.2. The van der Waals surface area contributed by atoms with Crippen molar-refractivity contribution >= 4 is 30.0 Å². The van der Waals surface area contributed by atoms with Gasteiger partial charge in [-0.1, -0.05) is 11.6 Å². The summed E-state index contributed by atoms with van der Waals surface area (Å²) >= 11 is 10.4. The molecule has 1 aliphatic rings. The van der Waals surface area contributed by atoms with E-state index < -0.39 is 0 Å². The van der Waals surface area contributed by atoms with Crippen LogP contribution in [0.25, 0.3) is 0 Å². The summed E-state index contributed by atoms with van der Waals surface area (Å²) in [5, 5.41) is 9.80. The minimum absolute atomic E-state index is 0.144. The predicted molar refractivity (Wildman–Crippen MR) is 64.0 cm³/mol. The molecule has 82 valence electrons. The average molecular weight is 245 g/mol. The van der Waals surface area contributed by atoms with Crippen LogP contribution in [0.1, 0.15) is 12.8 Å². The van der Waals surface area contributed by atoms with Crippen LogP contribution < -0.4 is 4.90 Å². The van der Waals surface area contributed by atoms with Gasteiger partial charge in [0.25, 0.3) is 0 Å². The van der Waals surface area contributed by atoms with E-state index in [-0.39, 0.29) is 12.6 Å². The first kappa shape index (κ1) is 11.0. The van der Waals surface area contributed by atoms with Gasteiger partial charge in [0.2, 0.25) is 0 Å². The molecular weight excluding hydrogens is 232 g/mol. The maximum atomic E-state index is 9.23. The second-order valence-electron chi connectivity index (χ2n) is 3.64. The molecule has 0 aliphatic carbocycles. The van der Waals surface area contributed by atoms with E-state index in [1.165, 1.54) is 0 Å². The molecule has 1 aromatic heterocycles. The van der Waals surface area contributed by atoms with E-state index in [2.05, 4.69) is 22.5 Å². The molecule has 2 rings (SSSR count). The molecule has 1 saturated heterocycles. The number of rotatable bonds is 2. The van der Waals surface area contributed by atoms with Crippen molar-refractivity contribution in [1.82, 2.24) is 4.98 Å². The summed E-state index contributed by atoms with van der Waals surface area (Å²) in [6.07, 6.45) is 3.75. The number of pyridine rings is 1. The van der Waals surface area contributed by atoms with E-state index in [1.54, 1.807) is 12.3 Å². The summed E-state index contributed by atoms with van der Waals surface area (Å²) in [4.78, 5) is 7.04. The Morgan fingerprint density at radius 2 is 2.47 bits per heavy atom. The third-order valence-corrected chi connectivity index (χ3v) is 3.59. The Kier molecular flexibility index (Phi) is 3.38. The van der Waals surface area contributed by atoms with E-state index in [4.69, 9.17) is 11.6 Å². The van der Waals surface area contributed by atoms with Gasteiger partial charge in [-0.15, -0.1) is 12.6 Å². The molecule has 2 heterocycles. The molecule has 0 saturated carbocycles. The minimum Gasteiger partial charge on any atom is -0.394 e. The largest absolute Gasteiger partial charge is 0.394 e. The molecule has 0 radical (unpaired) electrons. The second-order valence-corrected chi connectivity index (χ2v) is 4.50. The average Bonchev–Trinajstić information content (AvgIpc) is 2.70. The Hall–Kier alpha value is -0.450. The highest BCUT2D eigenvalue weighted by molar-refractivity contribution is 7.80. The number of thiol groups is 1. The van der Waals surface area contributed by atoms with E-state index in [9.17, 15) is 5.11 Å². The van der Waals surface area contributed by atoms with Gasteiger partial charge in [0, 0.05) is 17.6 Å². The van der Waals surface area contributed by atoms with Crippen molar-refractivity contribution in [2.75, 3.05) is 18.1 Å². The first-order valence-electron chi connectivity index (χ1n) is 4.95. The molecule has 0 bridgehead atoms. The molecule has 0 spiro atoms. The number of nitrogens with zero attached hydrogens (tertiary/aromatic N) is 2. The molecule has 5 heteroatoms. The summed E-state index contributed by atoms with van der Waals surface area (Å²) in [6, 6.07) is 1.91. The van der Waals surface area contributed by atoms with Crippen molar-refractivity contribution < 1.29 is 5.11 Å². The fourth-order valence-electron chi connectivity index (χ4n) is 1.93. The van der Waals surface area contributed by atoms with E-state index in [1.807, 2.05) is 0 Å². The lowest BCUT2D eigenvalue weighted by Crippen LogP contribution is -2.32. The number of halogens is 1. The molecule has 1 aliphatic heterocycles. The molecule has 1 atom stereocenters. The standard InChI is InChI=1S/C10H13ClN2OS/c11-9-8(15)3-4-12-10(9)13-5-1-2-7(13)6-14/h3-4,7,14H,1-2,5-6H2,(H,12,15). The highest BCUT2D eigenvalue weighted by atomic mass is 35.5. The quantitative estimate of drug-likeness (QED) is 0.782. The minimum atomic E-state index is 0.144.